The number of nitrogens with one attached hydrogen (secondary N) is 2. The van der Waals surface area contributed by atoms with E-state index in [1.165, 1.54) is 0 Å². The van der Waals surface area contributed by atoms with Crippen LogP contribution in [0.1, 0.15) is 97.1 Å². The summed E-state index contributed by atoms with van der Waals surface area (Å²) in [7, 11) is 0. The number of phenolic OH excluding ortho intramolecular Hbond substituents is 1. The van der Waals surface area contributed by atoms with Gasteiger partial charge < -0.3 is 20.5 Å². The SMILES string of the molecule is CC(C)CC(C=O)NC(=O)C(NC(=O)c1cc(C(C)(C)C)c(O)c(C(C)(C)C)c1)C(C)C. The standard InChI is InChI=1S/C26H42N2O4/c1-15(2)11-18(14-29)27-24(32)21(16(3)4)28-23(31)17-12-19(25(5,6)7)22(30)20(13-17)26(8,9)10/h12-16,18,21,30H,11H2,1-10H3,(H,27,32)(H,28,31). The van der Waals surface area contributed by atoms with Crippen LogP contribution in [0, 0.1) is 11.8 Å². The summed E-state index contributed by atoms with van der Waals surface area (Å²) < 4.78 is 0. The molecule has 0 aliphatic rings. The van der Waals surface area contributed by atoms with Crippen molar-refractivity contribution in [2.75, 3.05) is 0 Å². The molecule has 0 radical (unpaired) electrons. The van der Waals surface area contributed by atoms with Crippen molar-refractivity contribution in [2.24, 2.45) is 11.8 Å². The van der Waals surface area contributed by atoms with Crippen molar-refractivity contribution in [1.82, 2.24) is 10.6 Å². The van der Waals surface area contributed by atoms with Crippen molar-refractivity contribution >= 4 is 18.1 Å². The van der Waals surface area contributed by atoms with Gasteiger partial charge >= 0.3 is 0 Å². The second-order valence-electron chi connectivity index (χ2n) is 11.5. The predicted octanol–water partition coefficient (Wildman–Crippen LogP) is 4.47. The second-order valence-corrected chi connectivity index (χ2v) is 11.5. The number of hydrogen-bond donors (Lipinski definition) is 3. The summed E-state index contributed by atoms with van der Waals surface area (Å²) >= 11 is 0. The number of rotatable bonds is 8. The molecule has 0 aliphatic carbocycles. The topological polar surface area (TPSA) is 95.5 Å². The van der Waals surface area contributed by atoms with Gasteiger partial charge in [-0.3, -0.25) is 9.59 Å². The Balaban J connectivity index is 3.29. The van der Waals surface area contributed by atoms with Gasteiger partial charge in [0.15, 0.2) is 0 Å². The molecule has 1 aromatic carbocycles. The van der Waals surface area contributed by atoms with E-state index in [-0.39, 0.29) is 40.2 Å². The highest BCUT2D eigenvalue weighted by molar-refractivity contribution is 5.98. The van der Waals surface area contributed by atoms with E-state index in [1.807, 2.05) is 69.2 Å². The van der Waals surface area contributed by atoms with Crippen LogP contribution in [0.2, 0.25) is 0 Å². The Morgan fingerprint density at radius 3 is 1.75 bits per heavy atom. The van der Waals surface area contributed by atoms with Crippen molar-refractivity contribution in [3.05, 3.63) is 28.8 Å². The van der Waals surface area contributed by atoms with Gasteiger partial charge in [-0.15, -0.1) is 0 Å². The van der Waals surface area contributed by atoms with E-state index in [4.69, 9.17) is 0 Å². The van der Waals surface area contributed by atoms with E-state index in [9.17, 15) is 19.5 Å². The van der Waals surface area contributed by atoms with E-state index in [2.05, 4.69) is 10.6 Å². The first-order valence-corrected chi connectivity index (χ1v) is 11.4. The molecule has 180 valence electrons. The van der Waals surface area contributed by atoms with Gasteiger partial charge in [-0.05, 0) is 41.2 Å². The molecule has 0 spiro atoms. The third-order valence-electron chi connectivity index (χ3n) is 5.44. The minimum Gasteiger partial charge on any atom is -0.507 e. The molecular formula is C26H42N2O4. The van der Waals surface area contributed by atoms with Crippen molar-refractivity contribution in [3.8, 4) is 5.75 Å². The fourth-order valence-electron chi connectivity index (χ4n) is 3.60. The van der Waals surface area contributed by atoms with Gasteiger partial charge in [-0.1, -0.05) is 69.2 Å². The number of amides is 2. The minimum absolute atomic E-state index is 0.174. The number of phenols is 1. The van der Waals surface area contributed by atoms with Crippen LogP contribution in [0.25, 0.3) is 0 Å². The lowest BCUT2D eigenvalue weighted by atomic mass is 9.78. The summed E-state index contributed by atoms with van der Waals surface area (Å²) in [6.07, 6.45) is 1.28. The van der Waals surface area contributed by atoms with Gasteiger partial charge in [-0.25, -0.2) is 0 Å². The number of benzene rings is 1. The first-order chi connectivity index (χ1) is 14.5. The molecule has 0 saturated heterocycles. The van der Waals surface area contributed by atoms with Crippen molar-refractivity contribution in [1.29, 1.82) is 0 Å². The normalized spacial score (nSPS) is 14.2. The summed E-state index contributed by atoms with van der Waals surface area (Å²) in [6, 6.07) is 2.01. The Morgan fingerprint density at radius 1 is 0.938 bits per heavy atom. The molecule has 6 nitrogen and oxygen atoms in total. The molecule has 0 fully saturated rings. The van der Waals surface area contributed by atoms with E-state index >= 15 is 0 Å². The van der Waals surface area contributed by atoms with Crippen LogP contribution >= 0.6 is 0 Å². The maximum absolute atomic E-state index is 13.2. The molecule has 3 N–H and O–H groups in total. The van der Waals surface area contributed by atoms with Crippen LogP contribution in [0.3, 0.4) is 0 Å². The smallest absolute Gasteiger partial charge is 0.251 e. The zero-order valence-corrected chi connectivity index (χ0v) is 21.4. The molecule has 2 amide bonds. The lowest BCUT2D eigenvalue weighted by molar-refractivity contribution is -0.126. The van der Waals surface area contributed by atoms with Crippen LogP contribution in [0.5, 0.6) is 5.75 Å². The van der Waals surface area contributed by atoms with Crippen LogP contribution in [0.4, 0.5) is 0 Å². The number of aldehydes is 1. The molecule has 0 heterocycles. The van der Waals surface area contributed by atoms with Crippen molar-refractivity contribution in [2.45, 2.75) is 98.6 Å². The van der Waals surface area contributed by atoms with Crippen LogP contribution in [-0.2, 0) is 20.4 Å². The maximum atomic E-state index is 13.2. The summed E-state index contributed by atoms with van der Waals surface area (Å²) in [5.74, 6) is -0.492. The fraction of sp³-hybridized carbons (Fsp3) is 0.654. The third-order valence-corrected chi connectivity index (χ3v) is 5.44. The Labute approximate surface area is 193 Å². The summed E-state index contributed by atoms with van der Waals surface area (Å²) in [5.41, 5.74) is 1.01. The lowest BCUT2D eigenvalue weighted by Crippen LogP contribution is -2.52. The van der Waals surface area contributed by atoms with Gasteiger partial charge in [0.25, 0.3) is 5.91 Å². The van der Waals surface area contributed by atoms with E-state index in [0.29, 0.717) is 23.1 Å². The maximum Gasteiger partial charge on any atom is 0.251 e. The highest BCUT2D eigenvalue weighted by Gasteiger charge is 2.30. The average molecular weight is 447 g/mol. The molecule has 0 bridgehead atoms. The zero-order chi connectivity index (χ0) is 25.0. The Kier molecular flexibility index (Phi) is 9.07. The van der Waals surface area contributed by atoms with Gasteiger partial charge in [0, 0.05) is 16.7 Å². The van der Waals surface area contributed by atoms with E-state index in [0.717, 1.165) is 6.29 Å². The molecular weight excluding hydrogens is 404 g/mol. The van der Waals surface area contributed by atoms with Crippen LogP contribution < -0.4 is 10.6 Å². The van der Waals surface area contributed by atoms with Crippen molar-refractivity contribution in [3.63, 3.8) is 0 Å². The van der Waals surface area contributed by atoms with Gasteiger partial charge in [0.05, 0.1) is 6.04 Å². The van der Waals surface area contributed by atoms with Gasteiger partial charge in [0.1, 0.15) is 18.1 Å². The molecule has 2 unspecified atom stereocenters. The Bertz CT molecular complexity index is 794. The minimum atomic E-state index is -0.790. The molecule has 6 heteroatoms. The number of aromatic hydroxyl groups is 1. The molecule has 1 aromatic rings. The average Bonchev–Trinajstić information content (AvgIpc) is 2.62. The first-order valence-electron chi connectivity index (χ1n) is 11.4. The van der Waals surface area contributed by atoms with Crippen molar-refractivity contribution < 1.29 is 19.5 Å². The number of carbonyl (C=O) groups excluding carboxylic acids is 3. The molecule has 32 heavy (non-hydrogen) atoms. The summed E-state index contributed by atoms with van der Waals surface area (Å²) in [5, 5.41) is 16.5. The highest BCUT2D eigenvalue weighted by atomic mass is 16.3. The van der Waals surface area contributed by atoms with E-state index < -0.39 is 12.1 Å². The first kappa shape index (κ1) is 27.7. The van der Waals surface area contributed by atoms with E-state index in [1.54, 1.807) is 12.1 Å². The monoisotopic (exact) mass is 446 g/mol. The molecule has 0 saturated carbocycles. The third kappa shape index (κ3) is 7.35. The quantitative estimate of drug-likeness (QED) is 0.513. The van der Waals surface area contributed by atoms with Gasteiger partial charge in [0.2, 0.25) is 5.91 Å². The lowest BCUT2D eigenvalue weighted by Gasteiger charge is -2.29. The Hall–Kier alpha value is -2.37. The Morgan fingerprint density at radius 2 is 1.41 bits per heavy atom. The highest BCUT2D eigenvalue weighted by Crippen LogP contribution is 2.39. The fourth-order valence-corrected chi connectivity index (χ4v) is 3.60. The number of carbonyl (C=O) groups is 3. The van der Waals surface area contributed by atoms with Gasteiger partial charge in [-0.2, -0.15) is 0 Å². The van der Waals surface area contributed by atoms with Crippen LogP contribution in [-0.4, -0.2) is 35.3 Å². The zero-order valence-electron chi connectivity index (χ0n) is 21.4. The largest absolute Gasteiger partial charge is 0.507 e. The second kappa shape index (κ2) is 10.5. The van der Waals surface area contributed by atoms with Crippen LogP contribution in [0.15, 0.2) is 12.1 Å². The molecule has 0 aromatic heterocycles. The molecule has 1 rings (SSSR count). The predicted molar refractivity (Wildman–Crippen MR) is 129 cm³/mol. The summed E-state index contributed by atoms with van der Waals surface area (Å²) in [6.45, 7) is 19.5. The summed E-state index contributed by atoms with van der Waals surface area (Å²) in [4.78, 5) is 37.5. The molecule has 2 atom stereocenters. The number of hydrogen-bond acceptors (Lipinski definition) is 4. The molecule has 0 aliphatic heterocycles.